The Labute approximate surface area is 570 Å². The van der Waals surface area contributed by atoms with Crippen LogP contribution in [0, 0.1) is 27.7 Å². The number of aromatic nitrogens is 8. The Morgan fingerprint density at radius 1 is 0.271 bits per heavy atom. The van der Waals surface area contributed by atoms with Crippen molar-refractivity contribution in [3.05, 3.63) is 242 Å². The summed E-state index contributed by atoms with van der Waals surface area (Å²) in [5.41, 5.74) is 19.8. The summed E-state index contributed by atoms with van der Waals surface area (Å²) < 4.78 is 17.8. The third-order valence-corrected chi connectivity index (χ3v) is 19.9. The van der Waals surface area contributed by atoms with Crippen molar-refractivity contribution in [3.8, 4) is 45.6 Å². The number of rotatable bonds is 8. The zero-order valence-corrected chi connectivity index (χ0v) is 60.2. The average molecular weight is 1290 g/mol. The van der Waals surface area contributed by atoms with Gasteiger partial charge >= 0.3 is 0 Å². The minimum atomic E-state index is 0.264. The molecule has 0 bridgehead atoms. The molecule has 16 nitrogen and oxygen atoms in total. The van der Waals surface area contributed by atoms with Crippen LogP contribution in [0.5, 0.6) is 0 Å². The van der Waals surface area contributed by atoms with Crippen LogP contribution in [0.4, 0.5) is 46.0 Å². The van der Waals surface area contributed by atoms with Gasteiger partial charge in [-0.05, 0) is 150 Å². The van der Waals surface area contributed by atoms with Crippen molar-refractivity contribution in [2.75, 3.05) is 57.6 Å². The highest BCUT2D eigenvalue weighted by Crippen LogP contribution is 2.43. The van der Waals surface area contributed by atoms with Crippen LogP contribution in [0.2, 0.25) is 0 Å². The fourth-order valence-electron chi connectivity index (χ4n) is 13.5. The fraction of sp³-hybridized carbons (Fsp3) is 0.300. The molecule has 2 aromatic carbocycles. The van der Waals surface area contributed by atoms with Crippen LogP contribution < -0.4 is 65.9 Å². The molecule has 4 atom stereocenters. The summed E-state index contributed by atoms with van der Waals surface area (Å²) in [5.74, 6) is 4.75. The van der Waals surface area contributed by atoms with E-state index >= 15 is 0 Å². The van der Waals surface area contributed by atoms with Gasteiger partial charge in [-0.25, -0.2) is 37.9 Å². The highest BCUT2D eigenvalue weighted by atomic mass is 15.4. The summed E-state index contributed by atoms with van der Waals surface area (Å²) >= 11 is 0. The number of hydrogen-bond donors (Lipinski definition) is 0. The van der Waals surface area contributed by atoms with E-state index in [1.54, 1.807) is 0 Å². The predicted octanol–water partition coefficient (Wildman–Crippen LogP) is 10.2. The first-order valence-corrected chi connectivity index (χ1v) is 33.4. The van der Waals surface area contributed by atoms with E-state index in [1.807, 2.05) is 0 Å². The highest BCUT2D eigenvalue weighted by Gasteiger charge is 2.42. The van der Waals surface area contributed by atoms with Crippen LogP contribution >= 0.6 is 0 Å². The zero-order valence-electron chi connectivity index (χ0n) is 60.2. The quantitative estimate of drug-likeness (QED) is 0.140. The van der Waals surface area contributed by atoms with E-state index in [2.05, 4.69) is 435 Å². The van der Waals surface area contributed by atoms with E-state index in [-0.39, 0.29) is 12.3 Å². The van der Waals surface area contributed by atoms with Crippen LogP contribution in [0.1, 0.15) is 49.9 Å². The summed E-state index contributed by atoms with van der Waals surface area (Å²) in [4.78, 5) is 18.5. The molecule has 8 aromatic heterocycles. The van der Waals surface area contributed by atoms with Gasteiger partial charge in [-0.2, -0.15) is 18.3 Å². The van der Waals surface area contributed by atoms with Gasteiger partial charge in [0.15, 0.2) is 83.6 Å². The second kappa shape index (κ2) is 27.8. The van der Waals surface area contributed by atoms with Gasteiger partial charge in [0, 0.05) is 113 Å². The second-order valence-electron chi connectivity index (χ2n) is 26.3. The van der Waals surface area contributed by atoms with Crippen molar-refractivity contribution in [1.29, 1.82) is 0 Å². The first-order valence-electron chi connectivity index (χ1n) is 33.4. The van der Waals surface area contributed by atoms with Gasteiger partial charge in [-0.15, -0.1) is 0 Å². The lowest BCUT2D eigenvalue weighted by atomic mass is 10.1. The van der Waals surface area contributed by atoms with Crippen molar-refractivity contribution >= 4 is 46.0 Å². The maximum atomic E-state index is 2.41. The number of anilines is 8. The molecule has 0 aliphatic carbocycles. The molecule has 492 valence electrons. The molecule has 16 heteroatoms. The van der Waals surface area contributed by atoms with Gasteiger partial charge in [0.1, 0.15) is 40.6 Å². The van der Waals surface area contributed by atoms with Crippen molar-refractivity contribution < 1.29 is 36.5 Å². The van der Waals surface area contributed by atoms with E-state index in [1.165, 1.54) is 114 Å². The number of hydrogen-bond acceptors (Lipinski definition) is 8. The van der Waals surface area contributed by atoms with E-state index < -0.39 is 0 Å². The molecule has 14 rings (SSSR count). The van der Waals surface area contributed by atoms with Crippen molar-refractivity contribution in [2.24, 2.45) is 56.4 Å². The molecular formula is C80H100N16+8. The molecule has 0 fully saturated rings. The van der Waals surface area contributed by atoms with Crippen molar-refractivity contribution in [1.82, 2.24) is 9.80 Å². The molecule has 4 aliphatic heterocycles. The SMILES string of the molecule is Cc1cc[n+](C)c(-c2cccc(N3C=CN(C)[C@@H]3C)[n+]2C)c1.Cc1cc[n+](C)c(-c2cccc(N3C=CN(C)[C@@H]3C)[n+]2C)c1.Cc1cc[n+](C)c(-c2cccc(N3c4ccccc4N(C)[C@@H]3C)[n+]2C)c1.Cc1cc[n+](C)c(-c2cccc(N3c4ccccc4N(C)[C@@H]3C)[n+]2C)c1. The number of fused-ring (bicyclic) bond motifs is 2. The van der Waals surface area contributed by atoms with Crippen LogP contribution in [-0.4, -0.2) is 62.7 Å². The highest BCUT2D eigenvalue weighted by molar-refractivity contribution is 5.83. The average Bonchev–Trinajstić information content (AvgIpc) is 1.62. The summed E-state index contributed by atoms with van der Waals surface area (Å²) in [6.07, 6.45) is 18.2. The van der Waals surface area contributed by atoms with Gasteiger partial charge < -0.3 is 19.6 Å². The molecule has 4 aliphatic rings. The standard InChI is InChI=1S/2C22H26N4.2C18H24N4/c2*1-16-13-14-23(3)21(15-16)19-11-8-12-22(25(19)5)26-17(2)24(4)18-9-6-7-10-20(18)26;2*1-14-9-10-20(4)17(13-14)16-7-6-8-18(21(16)5)22-12-11-19(3)15(22)2/h2*6-15,17H,1-5H3;2*6-13,15H,1-5H3/q4*+2/t2*17-;2*15-/m0000/s1. The Kier molecular flexibility index (Phi) is 19.4. The first kappa shape index (κ1) is 67.0. The second-order valence-corrected chi connectivity index (χ2v) is 26.3. The smallest absolute Gasteiger partial charge is 0.283 e. The third kappa shape index (κ3) is 13.0. The maximum absolute atomic E-state index is 2.41. The zero-order chi connectivity index (χ0) is 68.5. The first-order chi connectivity index (χ1) is 45.9. The molecule has 0 amide bonds. The van der Waals surface area contributed by atoms with Gasteiger partial charge in [0.25, 0.3) is 46.0 Å². The largest absolute Gasteiger partial charge is 0.339 e. The third-order valence-electron chi connectivity index (χ3n) is 19.9. The van der Waals surface area contributed by atoms with E-state index in [9.17, 15) is 0 Å². The van der Waals surface area contributed by atoms with E-state index in [0.717, 1.165) is 0 Å². The van der Waals surface area contributed by atoms with Crippen LogP contribution in [-0.2, 0) is 56.4 Å². The summed E-state index contributed by atoms with van der Waals surface area (Å²) in [6.45, 7) is 17.5. The topological polar surface area (TPSA) is 57.0 Å². The van der Waals surface area contributed by atoms with Gasteiger partial charge in [-0.1, -0.05) is 24.3 Å². The molecule has 10 aromatic rings. The summed E-state index contributed by atoms with van der Waals surface area (Å²) in [7, 11) is 25.5. The number of nitrogens with zero attached hydrogens (tertiary/aromatic N) is 16. The molecule has 96 heavy (non-hydrogen) atoms. The maximum Gasteiger partial charge on any atom is 0.283 e. The normalized spacial score (nSPS) is 16.7. The lowest BCUT2D eigenvalue weighted by molar-refractivity contribution is -0.684. The van der Waals surface area contributed by atoms with E-state index in [4.69, 9.17) is 0 Å². The van der Waals surface area contributed by atoms with Crippen LogP contribution in [0.3, 0.4) is 0 Å². The summed E-state index contributed by atoms with van der Waals surface area (Å²) in [6, 6.07) is 60.7. The lowest BCUT2D eigenvalue weighted by Crippen LogP contribution is -2.46. The summed E-state index contributed by atoms with van der Waals surface area (Å²) in [5, 5.41) is 0. The Hall–Kier alpha value is -10.5. The van der Waals surface area contributed by atoms with Crippen molar-refractivity contribution in [2.45, 2.75) is 80.1 Å². The molecule has 0 unspecified atom stereocenters. The van der Waals surface area contributed by atoms with Gasteiger partial charge in [0.2, 0.25) is 0 Å². The minimum absolute atomic E-state index is 0.264. The Bertz CT molecular complexity index is 4290. The fourth-order valence-corrected chi connectivity index (χ4v) is 13.5. The Morgan fingerprint density at radius 3 is 0.802 bits per heavy atom. The molecule has 0 radical (unpaired) electrons. The molecule has 12 heterocycles. The van der Waals surface area contributed by atoms with Crippen LogP contribution in [0.25, 0.3) is 45.6 Å². The molecule has 0 saturated carbocycles. The number of pyridine rings is 8. The number of para-hydroxylation sites is 4. The monoisotopic (exact) mass is 1280 g/mol. The number of aryl methyl sites for hydroxylation is 8. The molecule has 0 spiro atoms. The van der Waals surface area contributed by atoms with Crippen LogP contribution in [0.15, 0.2) is 219 Å². The lowest BCUT2D eigenvalue weighted by Gasteiger charge is -2.22. The molecule has 0 N–H and O–H groups in total. The number of benzene rings is 2. The van der Waals surface area contributed by atoms with E-state index in [0.29, 0.717) is 12.3 Å². The molecule has 0 saturated heterocycles. The molecular weight excluding hydrogens is 1180 g/mol. The Balaban J connectivity index is 0.000000130. The predicted molar refractivity (Wildman–Crippen MR) is 386 cm³/mol. The Morgan fingerprint density at radius 2 is 0.531 bits per heavy atom. The van der Waals surface area contributed by atoms with Gasteiger partial charge in [-0.3, -0.25) is 0 Å². The van der Waals surface area contributed by atoms with Crippen molar-refractivity contribution in [3.63, 3.8) is 0 Å². The van der Waals surface area contributed by atoms with Gasteiger partial charge in [0.05, 0.1) is 39.6 Å². The minimum Gasteiger partial charge on any atom is -0.339 e.